The second-order valence-corrected chi connectivity index (χ2v) is 5.68. The van der Waals surface area contributed by atoms with E-state index in [-0.39, 0.29) is 17.8 Å². The summed E-state index contributed by atoms with van der Waals surface area (Å²) < 4.78 is 0.911. The van der Waals surface area contributed by atoms with Crippen molar-refractivity contribution in [3.63, 3.8) is 0 Å². The Morgan fingerprint density at radius 2 is 2.16 bits per heavy atom. The molecule has 1 aliphatic heterocycles. The van der Waals surface area contributed by atoms with Gasteiger partial charge in [-0.15, -0.1) is 0 Å². The van der Waals surface area contributed by atoms with Crippen molar-refractivity contribution in [1.29, 1.82) is 0 Å². The van der Waals surface area contributed by atoms with Gasteiger partial charge in [0.05, 0.1) is 11.6 Å². The minimum absolute atomic E-state index is 0.0544. The van der Waals surface area contributed by atoms with E-state index in [1.54, 1.807) is 4.90 Å². The number of oxime groups is 1. The van der Waals surface area contributed by atoms with Crippen LogP contribution >= 0.6 is 22.6 Å². The fraction of sp³-hybridized carbons (Fsp3) is 0.385. The van der Waals surface area contributed by atoms with Crippen LogP contribution in [0.15, 0.2) is 29.4 Å². The summed E-state index contributed by atoms with van der Waals surface area (Å²) in [6.45, 7) is 0.644. The van der Waals surface area contributed by atoms with Gasteiger partial charge in [0.1, 0.15) is 0 Å². The van der Waals surface area contributed by atoms with Crippen molar-refractivity contribution in [1.82, 2.24) is 4.90 Å². The van der Waals surface area contributed by atoms with Crippen LogP contribution in [0.3, 0.4) is 0 Å². The Labute approximate surface area is 125 Å². The van der Waals surface area contributed by atoms with E-state index in [1.807, 2.05) is 24.3 Å². The second kappa shape index (κ2) is 6.23. The molecular weight excluding hydrogens is 357 g/mol. The number of amidine groups is 1. The number of likely N-dealkylation sites (tertiary alicyclic amines) is 1. The van der Waals surface area contributed by atoms with Gasteiger partial charge in [0, 0.05) is 10.1 Å². The van der Waals surface area contributed by atoms with Crippen molar-refractivity contribution < 1.29 is 10.0 Å². The maximum absolute atomic E-state index is 12.6. The maximum Gasteiger partial charge on any atom is 0.255 e. The number of hydrogen-bond acceptors (Lipinski definition) is 3. The highest BCUT2D eigenvalue weighted by Gasteiger charge is 2.31. The number of hydrogen-bond donors (Lipinski definition) is 2. The van der Waals surface area contributed by atoms with E-state index in [1.165, 1.54) is 0 Å². The van der Waals surface area contributed by atoms with Crippen LogP contribution < -0.4 is 5.73 Å². The number of benzene rings is 1. The van der Waals surface area contributed by atoms with E-state index in [0.29, 0.717) is 12.1 Å². The molecule has 1 aliphatic rings. The lowest BCUT2D eigenvalue weighted by Gasteiger charge is -2.35. The SMILES string of the molecule is NC(=NO)C1CCCCN1C(=O)c1ccccc1I. The van der Waals surface area contributed by atoms with Crippen LogP contribution in [0.4, 0.5) is 0 Å². The van der Waals surface area contributed by atoms with Gasteiger partial charge < -0.3 is 15.8 Å². The van der Waals surface area contributed by atoms with Crippen LogP contribution in [0.1, 0.15) is 29.6 Å². The van der Waals surface area contributed by atoms with E-state index in [2.05, 4.69) is 27.7 Å². The molecule has 1 saturated heterocycles. The van der Waals surface area contributed by atoms with Crippen LogP contribution in [0, 0.1) is 3.57 Å². The van der Waals surface area contributed by atoms with Crippen LogP contribution in [0.2, 0.25) is 0 Å². The highest BCUT2D eigenvalue weighted by molar-refractivity contribution is 14.1. The lowest BCUT2D eigenvalue weighted by Crippen LogP contribution is -2.50. The zero-order valence-corrected chi connectivity index (χ0v) is 12.6. The second-order valence-electron chi connectivity index (χ2n) is 4.51. The molecule has 102 valence electrons. The summed E-state index contributed by atoms with van der Waals surface area (Å²) in [7, 11) is 0. The first kappa shape index (κ1) is 14.1. The highest BCUT2D eigenvalue weighted by Crippen LogP contribution is 2.22. The van der Waals surface area contributed by atoms with E-state index in [0.717, 1.165) is 22.8 Å². The monoisotopic (exact) mass is 373 g/mol. The van der Waals surface area contributed by atoms with Gasteiger partial charge >= 0.3 is 0 Å². The molecule has 1 aromatic rings. The quantitative estimate of drug-likeness (QED) is 0.274. The van der Waals surface area contributed by atoms with Gasteiger partial charge in [-0.25, -0.2) is 0 Å². The molecule has 0 spiro atoms. The number of halogens is 1. The first-order valence-electron chi connectivity index (χ1n) is 6.18. The normalized spacial score (nSPS) is 20.4. The van der Waals surface area contributed by atoms with Crippen molar-refractivity contribution in [3.05, 3.63) is 33.4 Å². The highest BCUT2D eigenvalue weighted by atomic mass is 127. The number of rotatable bonds is 2. The topological polar surface area (TPSA) is 78.9 Å². The molecule has 5 nitrogen and oxygen atoms in total. The zero-order valence-electron chi connectivity index (χ0n) is 10.4. The van der Waals surface area contributed by atoms with E-state index < -0.39 is 0 Å². The summed E-state index contributed by atoms with van der Waals surface area (Å²) in [5.74, 6) is 0.0558. The molecule has 0 aromatic heterocycles. The summed E-state index contributed by atoms with van der Waals surface area (Å²) in [6, 6.07) is 7.15. The molecule has 1 aromatic carbocycles. The molecule has 0 radical (unpaired) electrons. The summed E-state index contributed by atoms with van der Waals surface area (Å²) in [5.41, 5.74) is 6.36. The smallest absolute Gasteiger partial charge is 0.255 e. The first-order chi connectivity index (χ1) is 9.15. The third kappa shape index (κ3) is 2.99. The zero-order chi connectivity index (χ0) is 13.8. The average Bonchev–Trinajstić information content (AvgIpc) is 2.46. The lowest BCUT2D eigenvalue weighted by atomic mass is 10.00. The summed E-state index contributed by atoms with van der Waals surface area (Å²) >= 11 is 2.15. The van der Waals surface area contributed by atoms with Crippen LogP contribution in [0.25, 0.3) is 0 Å². The number of piperidine rings is 1. The van der Waals surface area contributed by atoms with Crippen molar-refractivity contribution in [2.75, 3.05) is 6.54 Å². The number of amides is 1. The number of carbonyl (C=O) groups excluding carboxylic acids is 1. The number of carbonyl (C=O) groups is 1. The van der Waals surface area contributed by atoms with Crippen molar-refractivity contribution in [3.8, 4) is 0 Å². The molecule has 0 aliphatic carbocycles. The Kier molecular flexibility index (Phi) is 4.62. The van der Waals surface area contributed by atoms with Crippen LogP contribution in [0.5, 0.6) is 0 Å². The van der Waals surface area contributed by atoms with Gasteiger partial charge in [-0.2, -0.15) is 0 Å². The van der Waals surface area contributed by atoms with Crippen LogP contribution in [-0.4, -0.2) is 34.4 Å². The minimum atomic E-state index is -0.303. The molecule has 2 rings (SSSR count). The number of nitrogens with two attached hydrogens (primary N) is 1. The Hall–Kier alpha value is -1.31. The van der Waals surface area contributed by atoms with Gasteiger partial charge in [0.25, 0.3) is 5.91 Å². The van der Waals surface area contributed by atoms with E-state index >= 15 is 0 Å². The van der Waals surface area contributed by atoms with Crippen LogP contribution in [-0.2, 0) is 0 Å². The molecule has 6 heteroatoms. The molecule has 1 atom stereocenters. The summed E-state index contributed by atoms with van der Waals surface area (Å²) in [4.78, 5) is 14.3. The van der Waals surface area contributed by atoms with Gasteiger partial charge in [0.2, 0.25) is 0 Å². The average molecular weight is 373 g/mol. The molecule has 1 heterocycles. The molecule has 0 bridgehead atoms. The molecule has 19 heavy (non-hydrogen) atoms. The lowest BCUT2D eigenvalue weighted by molar-refractivity contribution is 0.0675. The Morgan fingerprint density at radius 1 is 1.42 bits per heavy atom. The fourth-order valence-electron chi connectivity index (χ4n) is 2.34. The largest absolute Gasteiger partial charge is 0.409 e. The van der Waals surface area contributed by atoms with Crippen molar-refractivity contribution >= 4 is 34.3 Å². The van der Waals surface area contributed by atoms with Gasteiger partial charge in [-0.05, 0) is 54.0 Å². The maximum atomic E-state index is 12.6. The minimum Gasteiger partial charge on any atom is -0.409 e. The van der Waals surface area contributed by atoms with Crippen molar-refractivity contribution in [2.45, 2.75) is 25.3 Å². The van der Waals surface area contributed by atoms with E-state index in [9.17, 15) is 4.79 Å². The number of nitrogens with zero attached hydrogens (tertiary/aromatic N) is 2. The predicted molar refractivity (Wildman–Crippen MR) is 81.2 cm³/mol. The van der Waals surface area contributed by atoms with E-state index in [4.69, 9.17) is 10.9 Å². The Bertz CT molecular complexity index is 504. The summed E-state index contributed by atoms with van der Waals surface area (Å²) in [6.07, 6.45) is 2.67. The van der Waals surface area contributed by atoms with Gasteiger partial charge in [0.15, 0.2) is 5.84 Å². The van der Waals surface area contributed by atoms with Gasteiger partial charge in [-0.3, -0.25) is 4.79 Å². The fourth-order valence-corrected chi connectivity index (χ4v) is 2.96. The third-order valence-corrected chi connectivity index (χ3v) is 4.27. The van der Waals surface area contributed by atoms with Crippen molar-refractivity contribution in [2.24, 2.45) is 10.9 Å². The third-order valence-electron chi connectivity index (χ3n) is 3.32. The molecular formula is C13H16IN3O2. The molecule has 1 fully saturated rings. The molecule has 0 saturated carbocycles. The Balaban J connectivity index is 2.28. The first-order valence-corrected chi connectivity index (χ1v) is 7.26. The molecule has 1 amide bonds. The summed E-state index contributed by atoms with van der Waals surface area (Å²) in [5, 5.41) is 11.9. The molecule has 3 N–H and O–H groups in total. The predicted octanol–water partition coefficient (Wildman–Crippen LogP) is 2.03. The molecule has 1 unspecified atom stereocenters. The van der Waals surface area contributed by atoms with Gasteiger partial charge in [-0.1, -0.05) is 17.3 Å². The Morgan fingerprint density at radius 3 is 2.84 bits per heavy atom. The standard InChI is InChI=1S/C13H16IN3O2/c14-10-6-2-1-5-9(10)13(18)17-8-4-3-7-11(17)12(15)16-19/h1-2,5-6,11,19H,3-4,7-8H2,(H2,15,16).